The third-order valence-electron chi connectivity index (χ3n) is 3.82. The standard InChI is InChI=1S/C13H22N2O4/c16-10-7-8-14-12(17)11(10)13(18)15-19-9-5-3-1-2-4-6-9/h9-11,16H,1-8H2,(H,14,17)(H,15,18). The number of carbonyl (C=O) groups is 2. The van der Waals surface area contributed by atoms with E-state index < -0.39 is 23.8 Å². The Kier molecular flexibility index (Phi) is 5.15. The number of carbonyl (C=O) groups excluding carboxylic acids is 2. The number of nitrogens with one attached hydrogen (secondary N) is 2. The van der Waals surface area contributed by atoms with Crippen LogP contribution in [0.5, 0.6) is 0 Å². The van der Waals surface area contributed by atoms with Crippen LogP contribution in [0.15, 0.2) is 0 Å². The summed E-state index contributed by atoms with van der Waals surface area (Å²) in [4.78, 5) is 28.8. The minimum atomic E-state index is -1.06. The second-order valence-corrected chi connectivity index (χ2v) is 5.32. The molecule has 0 bridgehead atoms. The SMILES string of the molecule is O=C1NCCC(O)C1C(=O)NOC1CCCCCC1. The summed E-state index contributed by atoms with van der Waals surface area (Å²) in [6, 6.07) is 0. The normalized spacial score (nSPS) is 29.4. The molecular weight excluding hydrogens is 248 g/mol. The molecular formula is C13H22N2O4. The van der Waals surface area contributed by atoms with E-state index in [1.165, 1.54) is 12.8 Å². The molecule has 0 aromatic rings. The van der Waals surface area contributed by atoms with Gasteiger partial charge in [0.15, 0.2) is 0 Å². The van der Waals surface area contributed by atoms with E-state index in [2.05, 4.69) is 10.8 Å². The number of amides is 2. The quantitative estimate of drug-likeness (QED) is 0.390. The molecule has 2 rings (SSSR count). The first-order valence-electron chi connectivity index (χ1n) is 7.10. The number of piperidine rings is 1. The van der Waals surface area contributed by atoms with E-state index in [1.54, 1.807) is 0 Å². The van der Waals surface area contributed by atoms with Gasteiger partial charge in [-0.15, -0.1) is 0 Å². The Bertz CT molecular complexity index is 327. The predicted molar refractivity (Wildman–Crippen MR) is 67.8 cm³/mol. The summed E-state index contributed by atoms with van der Waals surface area (Å²) < 4.78 is 0. The average molecular weight is 270 g/mol. The minimum Gasteiger partial charge on any atom is -0.392 e. The first-order valence-corrected chi connectivity index (χ1v) is 7.10. The molecule has 0 aromatic heterocycles. The molecule has 0 radical (unpaired) electrons. The monoisotopic (exact) mass is 270 g/mol. The zero-order chi connectivity index (χ0) is 13.7. The van der Waals surface area contributed by atoms with Crippen molar-refractivity contribution in [2.75, 3.05) is 6.54 Å². The van der Waals surface area contributed by atoms with Crippen LogP contribution in [0, 0.1) is 5.92 Å². The number of aliphatic hydroxyl groups is 1. The van der Waals surface area contributed by atoms with Crippen molar-refractivity contribution in [2.45, 2.75) is 57.2 Å². The molecule has 1 aliphatic heterocycles. The van der Waals surface area contributed by atoms with Crippen molar-refractivity contribution >= 4 is 11.8 Å². The summed E-state index contributed by atoms with van der Waals surface area (Å²) in [5, 5.41) is 12.3. The minimum absolute atomic E-state index is 0.0234. The summed E-state index contributed by atoms with van der Waals surface area (Å²) in [6.07, 6.45) is 5.98. The first-order chi connectivity index (χ1) is 9.18. The van der Waals surface area contributed by atoms with E-state index in [4.69, 9.17) is 4.84 Å². The maximum Gasteiger partial charge on any atom is 0.258 e. The van der Waals surface area contributed by atoms with E-state index in [0.717, 1.165) is 25.7 Å². The fourth-order valence-corrected chi connectivity index (χ4v) is 2.65. The van der Waals surface area contributed by atoms with Gasteiger partial charge in [-0.2, -0.15) is 0 Å². The Labute approximate surface area is 112 Å². The zero-order valence-electron chi connectivity index (χ0n) is 11.1. The Morgan fingerprint density at radius 3 is 2.53 bits per heavy atom. The van der Waals surface area contributed by atoms with Gasteiger partial charge in [0.25, 0.3) is 5.91 Å². The maximum absolute atomic E-state index is 11.9. The lowest BCUT2D eigenvalue weighted by Crippen LogP contribution is -2.52. The molecule has 0 aromatic carbocycles. The molecule has 2 amide bonds. The molecule has 108 valence electrons. The van der Waals surface area contributed by atoms with Crippen LogP contribution >= 0.6 is 0 Å². The maximum atomic E-state index is 11.9. The predicted octanol–water partition coefficient (Wildman–Crippen LogP) is 0.254. The summed E-state index contributed by atoms with van der Waals surface area (Å²) in [6.45, 7) is 0.410. The van der Waals surface area contributed by atoms with Gasteiger partial charge in [-0.3, -0.25) is 14.4 Å². The van der Waals surface area contributed by atoms with Crippen molar-refractivity contribution in [1.82, 2.24) is 10.8 Å². The molecule has 3 N–H and O–H groups in total. The van der Waals surface area contributed by atoms with Gasteiger partial charge in [-0.25, -0.2) is 5.48 Å². The molecule has 1 saturated heterocycles. The van der Waals surface area contributed by atoms with Gasteiger partial charge in [-0.05, 0) is 19.3 Å². The Morgan fingerprint density at radius 1 is 1.21 bits per heavy atom. The largest absolute Gasteiger partial charge is 0.392 e. The molecule has 0 spiro atoms. The number of hydrogen-bond acceptors (Lipinski definition) is 4. The van der Waals surface area contributed by atoms with Gasteiger partial charge in [0.2, 0.25) is 5.91 Å². The van der Waals surface area contributed by atoms with E-state index in [0.29, 0.717) is 13.0 Å². The highest BCUT2D eigenvalue weighted by Gasteiger charge is 2.37. The molecule has 1 heterocycles. The first kappa shape index (κ1) is 14.3. The molecule has 6 heteroatoms. The Morgan fingerprint density at radius 2 is 1.89 bits per heavy atom. The Balaban J connectivity index is 1.80. The van der Waals surface area contributed by atoms with Crippen LogP contribution in [0.1, 0.15) is 44.9 Å². The smallest absolute Gasteiger partial charge is 0.258 e. The number of hydroxylamine groups is 1. The van der Waals surface area contributed by atoms with Crippen LogP contribution in [0.3, 0.4) is 0 Å². The number of hydrogen-bond donors (Lipinski definition) is 3. The summed E-state index contributed by atoms with van der Waals surface area (Å²) in [5.74, 6) is -2.03. The topological polar surface area (TPSA) is 87.7 Å². The lowest BCUT2D eigenvalue weighted by molar-refractivity contribution is -0.154. The second-order valence-electron chi connectivity index (χ2n) is 5.32. The molecule has 1 saturated carbocycles. The lowest BCUT2D eigenvalue weighted by atomic mass is 9.95. The molecule has 1 aliphatic carbocycles. The Hall–Kier alpha value is -1.14. The highest BCUT2D eigenvalue weighted by Crippen LogP contribution is 2.19. The van der Waals surface area contributed by atoms with Gasteiger partial charge in [0.05, 0.1) is 12.2 Å². The van der Waals surface area contributed by atoms with Crippen molar-refractivity contribution in [3.05, 3.63) is 0 Å². The van der Waals surface area contributed by atoms with Crippen molar-refractivity contribution in [2.24, 2.45) is 5.92 Å². The van der Waals surface area contributed by atoms with Crippen LogP contribution in [0.2, 0.25) is 0 Å². The van der Waals surface area contributed by atoms with Crippen molar-refractivity contribution in [3.63, 3.8) is 0 Å². The molecule has 6 nitrogen and oxygen atoms in total. The van der Waals surface area contributed by atoms with Gasteiger partial charge < -0.3 is 10.4 Å². The van der Waals surface area contributed by atoms with Gasteiger partial charge in [-0.1, -0.05) is 25.7 Å². The molecule has 2 aliphatic rings. The van der Waals surface area contributed by atoms with Crippen LogP contribution in [0.25, 0.3) is 0 Å². The van der Waals surface area contributed by atoms with Gasteiger partial charge >= 0.3 is 0 Å². The van der Waals surface area contributed by atoms with Crippen molar-refractivity contribution in [1.29, 1.82) is 0 Å². The third kappa shape index (κ3) is 3.91. The molecule has 2 atom stereocenters. The van der Waals surface area contributed by atoms with Crippen LogP contribution in [-0.4, -0.2) is 35.7 Å². The van der Waals surface area contributed by atoms with Gasteiger partial charge in [0, 0.05) is 6.54 Å². The average Bonchev–Trinajstić information content (AvgIpc) is 2.64. The second kappa shape index (κ2) is 6.86. The summed E-state index contributed by atoms with van der Waals surface area (Å²) in [5.41, 5.74) is 2.35. The highest BCUT2D eigenvalue weighted by atomic mass is 16.7. The fraction of sp³-hybridized carbons (Fsp3) is 0.846. The zero-order valence-corrected chi connectivity index (χ0v) is 11.1. The van der Waals surface area contributed by atoms with E-state index in [-0.39, 0.29) is 6.10 Å². The lowest BCUT2D eigenvalue weighted by Gasteiger charge is -2.26. The number of aliphatic hydroxyl groups excluding tert-OH is 1. The van der Waals surface area contributed by atoms with Gasteiger partial charge in [0.1, 0.15) is 5.92 Å². The van der Waals surface area contributed by atoms with E-state index >= 15 is 0 Å². The summed E-state index contributed by atoms with van der Waals surface area (Å²) >= 11 is 0. The van der Waals surface area contributed by atoms with E-state index in [1.807, 2.05) is 0 Å². The van der Waals surface area contributed by atoms with E-state index in [9.17, 15) is 14.7 Å². The van der Waals surface area contributed by atoms with Crippen molar-refractivity contribution in [3.8, 4) is 0 Å². The summed E-state index contributed by atoms with van der Waals surface area (Å²) in [7, 11) is 0. The van der Waals surface area contributed by atoms with Crippen LogP contribution in [-0.2, 0) is 14.4 Å². The highest BCUT2D eigenvalue weighted by molar-refractivity contribution is 6.01. The molecule has 2 unspecified atom stereocenters. The fourth-order valence-electron chi connectivity index (χ4n) is 2.65. The third-order valence-corrected chi connectivity index (χ3v) is 3.82. The van der Waals surface area contributed by atoms with Crippen molar-refractivity contribution < 1.29 is 19.5 Å². The molecule has 2 fully saturated rings. The molecule has 19 heavy (non-hydrogen) atoms. The van der Waals surface area contributed by atoms with Crippen LogP contribution < -0.4 is 10.8 Å². The van der Waals surface area contributed by atoms with Crippen LogP contribution in [0.4, 0.5) is 0 Å². The number of rotatable bonds is 3.